The molecule has 3 amide bonds. The number of carbonyl (C=O) groups excluding carboxylic acids is 3. The maximum absolute atomic E-state index is 13.2. The molecule has 0 aromatic heterocycles. The van der Waals surface area contributed by atoms with E-state index < -0.39 is 17.3 Å². The second-order valence-electron chi connectivity index (χ2n) is 9.17. The Kier molecular flexibility index (Phi) is 9.34. The van der Waals surface area contributed by atoms with Gasteiger partial charge in [0.15, 0.2) is 0 Å². The number of nitrogens with zero attached hydrogens (tertiary/aromatic N) is 1. The van der Waals surface area contributed by atoms with Crippen LogP contribution in [0.3, 0.4) is 0 Å². The number of carboxylic acid groups (broad SMARTS) is 1. The van der Waals surface area contributed by atoms with Crippen LogP contribution in [-0.2, 0) is 14.4 Å². The summed E-state index contributed by atoms with van der Waals surface area (Å²) in [5.41, 5.74) is 0.158. The van der Waals surface area contributed by atoms with Gasteiger partial charge in [-0.05, 0) is 55.2 Å². The van der Waals surface area contributed by atoms with Gasteiger partial charge in [-0.2, -0.15) is 0 Å². The van der Waals surface area contributed by atoms with E-state index in [2.05, 4.69) is 10.6 Å². The molecular weight excluding hydrogens is 517 g/mol. The quantitative estimate of drug-likeness (QED) is 0.373. The van der Waals surface area contributed by atoms with Gasteiger partial charge in [0, 0.05) is 26.2 Å². The number of amides is 3. The SMILES string of the molecule is CC(=O)N(C)CCC1(C(=O)N/C(=C\c2ccc(NC(=O)c3c(Cl)cccc3Cl)cc2)C(=O)O)CCCC1. The Balaban J connectivity index is 1.73. The standard InChI is InChI=1S/C27H29Cl2N3O5/c1-17(33)32(2)15-14-27(12-3-4-13-27)26(37)31-22(25(35)36)16-18-8-10-19(11-9-18)30-24(34)23-20(28)6-5-7-21(23)29/h5-11,16H,3-4,12-15H2,1-2H3,(H,30,34)(H,31,37)(H,35,36)/b22-16-. The predicted octanol–water partition coefficient (Wildman–Crippen LogP) is 5.22. The summed E-state index contributed by atoms with van der Waals surface area (Å²) in [6, 6.07) is 11.2. The van der Waals surface area contributed by atoms with Gasteiger partial charge in [-0.3, -0.25) is 14.4 Å². The summed E-state index contributed by atoms with van der Waals surface area (Å²) >= 11 is 12.2. The number of hydrogen-bond acceptors (Lipinski definition) is 4. The van der Waals surface area contributed by atoms with Gasteiger partial charge in [0.1, 0.15) is 5.70 Å². The zero-order valence-electron chi connectivity index (χ0n) is 20.6. The van der Waals surface area contributed by atoms with Gasteiger partial charge in [0.05, 0.1) is 21.0 Å². The molecule has 0 unspecified atom stereocenters. The minimum atomic E-state index is -1.27. The first-order valence-corrected chi connectivity index (χ1v) is 12.6. The molecule has 3 N–H and O–H groups in total. The molecule has 0 atom stereocenters. The van der Waals surface area contributed by atoms with Crippen LogP contribution in [0.25, 0.3) is 6.08 Å². The van der Waals surface area contributed by atoms with Crippen LogP contribution < -0.4 is 10.6 Å². The third kappa shape index (κ3) is 7.11. The van der Waals surface area contributed by atoms with Gasteiger partial charge in [0.2, 0.25) is 11.8 Å². The molecule has 0 radical (unpaired) electrons. The van der Waals surface area contributed by atoms with Gasteiger partial charge >= 0.3 is 5.97 Å². The van der Waals surface area contributed by atoms with E-state index in [1.54, 1.807) is 54.4 Å². The maximum atomic E-state index is 13.2. The molecule has 2 aromatic rings. The van der Waals surface area contributed by atoms with Gasteiger partial charge in [0.25, 0.3) is 5.91 Å². The lowest BCUT2D eigenvalue weighted by molar-refractivity contribution is -0.137. The zero-order valence-corrected chi connectivity index (χ0v) is 22.2. The van der Waals surface area contributed by atoms with E-state index in [1.807, 2.05) is 0 Å². The monoisotopic (exact) mass is 545 g/mol. The average Bonchev–Trinajstić information content (AvgIpc) is 3.33. The summed E-state index contributed by atoms with van der Waals surface area (Å²) in [7, 11) is 1.68. The van der Waals surface area contributed by atoms with Crippen molar-refractivity contribution < 1.29 is 24.3 Å². The molecule has 1 aliphatic carbocycles. The Morgan fingerprint density at radius 1 is 1.03 bits per heavy atom. The van der Waals surface area contributed by atoms with E-state index in [0.29, 0.717) is 37.1 Å². The summed E-state index contributed by atoms with van der Waals surface area (Å²) in [5.74, 6) is -2.19. The van der Waals surface area contributed by atoms with Crippen molar-refractivity contribution in [3.63, 3.8) is 0 Å². The first kappa shape index (κ1) is 28.2. The first-order chi connectivity index (χ1) is 17.5. The van der Waals surface area contributed by atoms with Gasteiger partial charge in [-0.1, -0.05) is 54.2 Å². The van der Waals surface area contributed by atoms with E-state index in [1.165, 1.54) is 13.0 Å². The fourth-order valence-corrected chi connectivity index (χ4v) is 4.89. The largest absolute Gasteiger partial charge is 0.477 e. The molecule has 0 saturated heterocycles. The van der Waals surface area contributed by atoms with E-state index >= 15 is 0 Å². The number of benzene rings is 2. The number of rotatable bonds is 9. The van der Waals surface area contributed by atoms with Crippen LogP contribution in [-0.4, -0.2) is 47.3 Å². The lowest BCUT2D eigenvalue weighted by Crippen LogP contribution is -2.42. The lowest BCUT2D eigenvalue weighted by Gasteiger charge is -2.29. The summed E-state index contributed by atoms with van der Waals surface area (Å²) in [6.07, 6.45) is 4.85. The van der Waals surface area contributed by atoms with Crippen molar-refractivity contribution in [3.8, 4) is 0 Å². The number of nitrogens with one attached hydrogen (secondary N) is 2. The first-order valence-electron chi connectivity index (χ1n) is 11.9. The minimum absolute atomic E-state index is 0.0886. The Bertz CT molecular complexity index is 1200. The molecule has 3 rings (SSSR count). The Morgan fingerprint density at radius 3 is 2.16 bits per heavy atom. The molecule has 2 aromatic carbocycles. The van der Waals surface area contributed by atoms with Crippen molar-refractivity contribution in [2.24, 2.45) is 5.41 Å². The summed E-state index contributed by atoms with van der Waals surface area (Å²) in [6.45, 7) is 1.89. The number of aliphatic carboxylic acids is 1. The molecular formula is C27H29Cl2N3O5. The smallest absolute Gasteiger partial charge is 0.352 e. The lowest BCUT2D eigenvalue weighted by atomic mass is 9.81. The molecule has 0 heterocycles. The number of carbonyl (C=O) groups is 4. The van der Waals surface area contributed by atoms with Crippen LogP contribution in [0.15, 0.2) is 48.2 Å². The molecule has 1 aliphatic rings. The number of carboxylic acids is 1. The van der Waals surface area contributed by atoms with Crippen LogP contribution in [0, 0.1) is 5.41 Å². The van der Waals surface area contributed by atoms with Crippen molar-refractivity contribution in [1.29, 1.82) is 0 Å². The molecule has 37 heavy (non-hydrogen) atoms. The van der Waals surface area contributed by atoms with Crippen molar-refractivity contribution in [2.45, 2.75) is 39.0 Å². The molecule has 10 heteroatoms. The van der Waals surface area contributed by atoms with E-state index in [-0.39, 0.29) is 33.1 Å². The van der Waals surface area contributed by atoms with E-state index in [4.69, 9.17) is 23.2 Å². The minimum Gasteiger partial charge on any atom is -0.477 e. The highest BCUT2D eigenvalue weighted by Gasteiger charge is 2.41. The van der Waals surface area contributed by atoms with Crippen molar-refractivity contribution in [3.05, 3.63) is 69.3 Å². The summed E-state index contributed by atoms with van der Waals surface area (Å²) in [4.78, 5) is 50.9. The third-order valence-corrected chi connectivity index (χ3v) is 7.28. The average molecular weight is 546 g/mol. The van der Waals surface area contributed by atoms with Crippen LogP contribution in [0.2, 0.25) is 10.0 Å². The highest BCUT2D eigenvalue weighted by molar-refractivity contribution is 6.40. The molecule has 0 aliphatic heterocycles. The highest BCUT2D eigenvalue weighted by atomic mass is 35.5. The molecule has 1 fully saturated rings. The zero-order chi connectivity index (χ0) is 27.2. The maximum Gasteiger partial charge on any atom is 0.352 e. The Morgan fingerprint density at radius 2 is 1.62 bits per heavy atom. The molecule has 0 spiro atoms. The highest BCUT2D eigenvalue weighted by Crippen LogP contribution is 2.41. The molecule has 8 nitrogen and oxygen atoms in total. The second kappa shape index (κ2) is 12.3. The molecule has 196 valence electrons. The Hall–Kier alpha value is -3.36. The van der Waals surface area contributed by atoms with E-state index in [0.717, 1.165) is 12.8 Å². The molecule has 0 bridgehead atoms. The third-order valence-electron chi connectivity index (χ3n) is 6.65. The fourth-order valence-electron chi connectivity index (χ4n) is 4.33. The summed E-state index contributed by atoms with van der Waals surface area (Å²) < 4.78 is 0. The van der Waals surface area contributed by atoms with Crippen LogP contribution in [0.5, 0.6) is 0 Å². The normalized spacial score (nSPS) is 14.6. The molecule has 1 saturated carbocycles. The van der Waals surface area contributed by atoms with Crippen LogP contribution >= 0.6 is 23.2 Å². The van der Waals surface area contributed by atoms with Gasteiger partial charge in [-0.25, -0.2) is 4.79 Å². The Labute approximate surface area is 225 Å². The van der Waals surface area contributed by atoms with Crippen molar-refractivity contribution in [2.75, 3.05) is 18.9 Å². The predicted molar refractivity (Wildman–Crippen MR) is 143 cm³/mol. The van der Waals surface area contributed by atoms with Gasteiger partial charge < -0.3 is 20.6 Å². The fraction of sp³-hybridized carbons (Fsp3) is 0.333. The number of halogens is 2. The summed E-state index contributed by atoms with van der Waals surface area (Å²) in [5, 5.41) is 15.5. The van der Waals surface area contributed by atoms with Crippen LogP contribution in [0.1, 0.15) is 54.9 Å². The van der Waals surface area contributed by atoms with Crippen molar-refractivity contribution >= 4 is 58.7 Å². The van der Waals surface area contributed by atoms with E-state index in [9.17, 15) is 24.3 Å². The second-order valence-corrected chi connectivity index (χ2v) is 9.98. The van der Waals surface area contributed by atoms with Gasteiger partial charge in [-0.15, -0.1) is 0 Å². The topological polar surface area (TPSA) is 116 Å². The number of anilines is 1. The van der Waals surface area contributed by atoms with Crippen molar-refractivity contribution in [1.82, 2.24) is 10.2 Å². The number of hydrogen-bond donors (Lipinski definition) is 3. The van der Waals surface area contributed by atoms with Crippen LogP contribution in [0.4, 0.5) is 5.69 Å².